The van der Waals surface area contributed by atoms with Crippen LogP contribution in [0.25, 0.3) is 0 Å². The maximum atomic E-state index is 10.8. The minimum atomic E-state index is -0.462. The number of methoxy groups -OCH3 is 1. The monoisotopic (exact) mass is 354 g/mol. The smallest absolute Gasteiger partial charge is 0.119 e. The number of benzene rings is 1. The van der Waals surface area contributed by atoms with Crippen LogP contribution in [0.4, 0.5) is 0 Å². The number of aliphatic hydroxyl groups is 1. The molecule has 1 spiro atoms. The Bertz CT molecular complexity index is 497. The zero-order valence-corrected chi connectivity index (χ0v) is 14.1. The van der Waals surface area contributed by atoms with E-state index < -0.39 is 6.10 Å². The number of halogens is 1. The average molecular weight is 355 g/mol. The van der Waals surface area contributed by atoms with Crippen LogP contribution in [0, 0.1) is 5.92 Å². The van der Waals surface area contributed by atoms with Gasteiger partial charge in [0.2, 0.25) is 0 Å². The Kier molecular flexibility index (Phi) is 4.57. The molecule has 0 radical (unpaired) electrons. The lowest BCUT2D eigenvalue weighted by atomic mass is 9.80. The quantitative estimate of drug-likeness (QED) is 0.882. The Morgan fingerprint density at radius 1 is 1.38 bits per heavy atom. The van der Waals surface area contributed by atoms with Gasteiger partial charge in [0.15, 0.2) is 0 Å². The average Bonchev–Trinajstić information content (AvgIpc) is 2.95. The second kappa shape index (κ2) is 6.27. The third-order valence-corrected chi connectivity index (χ3v) is 5.74. The summed E-state index contributed by atoms with van der Waals surface area (Å²) < 4.78 is 12.3. The topological polar surface area (TPSA) is 38.7 Å². The minimum Gasteiger partial charge on any atom is -0.497 e. The Morgan fingerprint density at radius 2 is 2.14 bits per heavy atom. The molecule has 2 unspecified atom stereocenters. The summed E-state index contributed by atoms with van der Waals surface area (Å²) in [5, 5.41) is 10.8. The summed E-state index contributed by atoms with van der Waals surface area (Å²) in [6.07, 6.45) is 6.24. The van der Waals surface area contributed by atoms with Crippen LogP contribution in [0.1, 0.15) is 50.2 Å². The van der Waals surface area contributed by atoms with Crippen molar-refractivity contribution in [3.05, 3.63) is 28.2 Å². The normalized spacial score (nSPS) is 26.0. The number of ether oxygens (including phenoxy) is 2. The van der Waals surface area contributed by atoms with Crippen molar-refractivity contribution in [1.82, 2.24) is 0 Å². The molecule has 116 valence electrons. The minimum absolute atomic E-state index is 0.0369. The van der Waals surface area contributed by atoms with Crippen molar-refractivity contribution in [2.75, 3.05) is 13.7 Å². The Morgan fingerprint density at radius 3 is 2.86 bits per heavy atom. The van der Waals surface area contributed by atoms with Crippen LogP contribution in [0.3, 0.4) is 0 Å². The van der Waals surface area contributed by atoms with Crippen LogP contribution in [-0.2, 0) is 4.74 Å². The zero-order valence-electron chi connectivity index (χ0n) is 12.5. The van der Waals surface area contributed by atoms with Crippen molar-refractivity contribution < 1.29 is 14.6 Å². The molecule has 1 N–H and O–H groups in total. The van der Waals surface area contributed by atoms with Crippen molar-refractivity contribution in [2.45, 2.75) is 50.2 Å². The third kappa shape index (κ3) is 3.13. The van der Waals surface area contributed by atoms with Gasteiger partial charge in [-0.3, -0.25) is 0 Å². The van der Waals surface area contributed by atoms with E-state index in [0.717, 1.165) is 48.1 Å². The highest BCUT2D eigenvalue weighted by Crippen LogP contribution is 2.46. The standard InChI is InChI=1S/C17H23BrO3/c1-20-13-4-5-15(18)14(10-13)16(19)12-6-9-21-17(11-12)7-2-3-8-17/h4-5,10,12,16,19H,2-3,6-9,11H2,1H3. The molecule has 0 aromatic heterocycles. The van der Waals surface area contributed by atoms with E-state index in [0.29, 0.717) is 0 Å². The molecule has 1 aliphatic carbocycles. The fourth-order valence-corrected chi connectivity index (χ4v) is 4.31. The summed E-state index contributed by atoms with van der Waals surface area (Å²) in [5.74, 6) is 1.05. The van der Waals surface area contributed by atoms with E-state index in [9.17, 15) is 5.11 Å². The van der Waals surface area contributed by atoms with Crippen LogP contribution < -0.4 is 4.74 Å². The molecule has 0 amide bonds. The summed E-state index contributed by atoms with van der Waals surface area (Å²) in [6.45, 7) is 0.767. The van der Waals surface area contributed by atoms with Gasteiger partial charge in [-0.05, 0) is 55.4 Å². The second-order valence-electron chi connectivity index (χ2n) is 6.32. The van der Waals surface area contributed by atoms with Gasteiger partial charge in [0.1, 0.15) is 5.75 Å². The van der Waals surface area contributed by atoms with Crippen molar-refractivity contribution in [3.63, 3.8) is 0 Å². The van der Waals surface area contributed by atoms with Gasteiger partial charge in [-0.1, -0.05) is 28.8 Å². The third-order valence-electron chi connectivity index (χ3n) is 5.01. The summed E-state index contributed by atoms with van der Waals surface area (Å²) in [4.78, 5) is 0. The maximum Gasteiger partial charge on any atom is 0.119 e. The van der Waals surface area contributed by atoms with Gasteiger partial charge in [-0.25, -0.2) is 0 Å². The molecule has 3 rings (SSSR count). The number of hydrogen-bond donors (Lipinski definition) is 1. The van der Waals surface area contributed by atoms with E-state index in [1.165, 1.54) is 12.8 Å². The van der Waals surface area contributed by atoms with Gasteiger partial charge in [0, 0.05) is 11.1 Å². The first-order chi connectivity index (χ1) is 10.1. The van der Waals surface area contributed by atoms with Crippen LogP contribution >= 0.6 is 15.9 Å². The lowest BCUT2D eigenvalue weighted by Gasteiger charge is -2.40. The van der Waals surface area contributed by atoms with E-state index in [4.69, 9.17) is 9.47 Å². The number of rotatable bonds is 3. The van der Waals surface area contributed by atoms with E-state index in [1.807, 2.05) is 18.2 Å². The van der Waals surface area contributed by atoms with Crippen molar-refractivity contribution >= 4 is 15.9 Å². The molecule has 1 saturated carbocycles. The van der Waals surface area contributed by atoms with Gasteiger partial charge in [0.05, 0.1) is 18.8 Å². The van der Waals surface area contributed by atoms with Gasteiger partial charge >= 0.3 is 0 Å². The summed E-state index contributed by atoms with van der Waals surface area (Å²) in [6, 6.07) is 5.79. The van der Waals surface area contributed by atoms with Crippen molar-refractivity contribution in [2.24, 2.45) is 5.92 Å². The highest BCUT2D eigenvalue weighted by atomic mass is 79.9. The summed E-state index contributed by atoms with van der Waals surface area (Å²) in [7, 11) is 1.65. The van der Waals surface area contributed by atoms with Crippen molar-refractivity contribution in [3.8, 4) is 5.75 Å². The second-order valence-corrected chi connectivity index (χ2v) is 7.18. The molecule has 1 aromatic carbocycles. The van der Waals surface area contributed by atoms with E-state index in [1.54, 1.807) is 7.11 Å². The van der Waals surface area contributed by atoms with Crippen LogP contribution in [0.15, 0.2) is 22.7 Å². The molecular weight excluding hydrogens is 332 g/mol. The van der Waals surface area contributed by atoms with Gasteiger partial charge < -0.3 is 14.6 Å². The summed E-state index contributed by atoms with van der Waals surface area (Å²) >= 11 is 3.56. The Labute approximate surface area is 134 Å². The fourth-order valence-electron chi connectivity index (χ4n) is 3.83. The number of hydrogen-bond acceptors (Lipinski definition) is 3. The maximum absolute atomic E-state index is 10.8. The zero-order chi connectivity index (χ0) is 14.9. The van der Waals surface area contributed by atoms with Gasteiger partial charge in [0.25, 0.3) is 0 Å². The Balaban J connectivity index is 1.79. The van der Waals surface area contributed by atoms with Crippen LogP contribution in [0.5, 0.6) is 5.75 Å². The molecule has 1 heterocycles. The SMILES string of the molecule is COc1ccc(Br)c(C(O)C2CCOC3(CCCC3)C2)c1. The molecule has 21 heavy (non-hydrogen) atoms. The van der Waals surface area contributed by atoms with Gasteiger partial charge in [-0.15, -0.1) is 0 Å². The van der Waals surface area contributed by atoms with E-state index in [-0.39, 0.29) is 11.5 Å². The first-order valence-electron chi connectivity index (χ1n) is 7.79. The molecule has 2 atom stereocenters. The lowest BCUT2D eigenvalue weighted by molar-refractivity contribution is -0.113. The van der Waals surface area contributed by atoms with E-state index in [2.05, 4.69) is 15.9 Å². The summed E-state index contributed by atoms with van der Waals surface area (Å²) in [5.41, 5.74) is 0.962. The molecule has 3 nitrogen and oxygen atoms in total. The number of aliphatic hydroxyl groups excluding tert-OH is 1. The highest BCUT2D eigenvalue weighted by molar-refractivity contribution is 9.10. The Hall–Kier alpha value is -0.580. The largest absolute Gasteiger partial charge is 0.497 e. The molecule has 2 fully saturated rings. The van der Waals surface area contributed by atoms with Gasteiger partial charge in [-0.2, -0.15) is 0 Å². The fraction of sp³-hybridized carbons (Fsp3) is 0.647. The van der Waals surface area contributed by atoms with E-state index >= 15 is 0 Å². The molecule has 2 aliphatic rings. The molecule has 0 bridgehead atoms. The molecular formula is C17H23BrO3. The first kappa shape index (κ1) is 15.3. The predicted octanol–water partition coefficient (Wildman–Crippen LogP) is 4.23. The molecule has 1 saturated heterocycles. The first-order valence-corrected chi connectivity index (χ1v) is 8.58. The lowest BCUT2D eigenvalue weighted by Crippen LogP contribution is -2.39. The highest BCUT2D eigenvalue weighted by Gasteiger charge is 2.42. The molecule has 4 heteroatoms. The van der Waals surface area contributed by atoms with Crippen LogP contribution in [-0.4, -0.2) is 24.4 Å². The van der Waals surface area contributed by atoms with Crippen molar-refractivity contribution in [1.29, 1.82) is 0 Å². The molecule has 1 aliphatic heterocycles. The predicted molar refractivity (Wildman–Crippen MR) is 85.5 cm³/mol. The van der Waals surface area contributed by atoms with Crippen LogP contribution in [0.2, 0.25) is 0 Å². The molecule has 1 aromatic rings.